The van der Waals surface area contributed by atoms with Gasteiger partial charge in [-0.05, 0) is 44.8 Å². The summed E-state index contributed by atoms with van der Waals surface area (Å²) in [6, 6.07) is 0.964. The Hall–Kier alpha value is -0.290. The van der Waals surface area contributed by atoms with Crippen molar-refractivity contribution in [3.8, 4) is 0 Å². The minimum absolute atomic E-state index is 0.0570. The van der Waals surface area contributed by atoms with Crippen LogP contribution < -0.4 is 0 Å². The minimum atomic E-state index is -0.749. The summed E-state index contributed by atoms with van der Waals surface area (Å²) in [5.41, 5.74) is -0.271. The summed E-state index contributed by atoms with van der Waals surface area (Å²) in [6.07, 6.45) is 0. The largest absolute Gasteiger partial charge is 0.294 e. The van der Waals surface area contributed by atoms with Gasteiger partial charge in [-0.15, -0.1) is 0 Å². The molecule has 1 aromatic rings. The van der Waals surface area contributed by atoms with Crippen LogP contribution in [0.1, 0.15) is 17.3 Å². The van der Waals surface area contributed by atoms with Crippen LogP contribution in [-0.4, -0.2) is 5.78 Å². The molecule has 0 aliphatic heterocycles. The van der Waals surface area contributed by atoms with E-state index in [4.69, 9.17) is 0 Å². The van der Waals surface area contributed by atoms with Crippen LogP contribution in [0.15, 0.2) is 15.0 Å². The highest BCUT2D eigenvalue weighted by molar-refractivity contribution is 9.11. The van der Waals surface area contributed by atoms with Gasteiger partial charge in [0.2, 0.25) is 0 Å². The molecule has 0 saturated carbocycles. The van der Waals surface area contributed by atoms with Crippen LogP contribution in [0.5, 0.6) is 0 Å². The molecule has 0 amide bonds. The zero-order valence-corrected chi connectivity index (χ0v) is 9.67. The molecule has 1 aromatic carbocycles. The predicted molar refractivity (Wildman–Crippen MR) is 51.8 cm³/mol. The van der Waals surface area contributed by atoms with E-state index in [0.717, 1.165) is 6.07 Å². The van der Waals surface area contributed by atoms with E-state index in [1.165, 1.54) is 6.92 Å². The second-order valence-corrected chi connectivity index (χ2v) is 4.05. The van der Waals surface area contributed by atoms with Gasteiger partial charge in [0, 0.05) is 0 Å². The van der Waals surface area contributed by atoms with Gasteiger partial charge >= 0.3 is 0 Å². The Bertz CT molecular complexity index is 351. The van der Waals surface area contributed by atoms with Crippen LogP contribution in [0.3, 0.4) is 0 Å². The number of hydrogen-bond donors (Lipinski definition) is 0. The first kappa shape index (κ1) is 10.8. The summed E-state index contributed by atoms with van der Waals surface area (Å²) in [5, 5.41) is 0. The van der Waals surface area contributed by atoms with Gasteiger partial charge in [-0.2, -0.15) is 0 Å². The monoisotopic (exact) mass is 312 g/mol. The minimum Gasteiger partial charge on any atom is -0.294 e. The summed E-state index contributed by atoms with van der Waals surface area (Å²) in [5.74, 6) is -1.94. The van der Waals surface area contributed by atoms with Gasteiger partial charge in [0.05, 0.1) is 14.5 Å². The normalized spacial score (nSPS) is 10.2. The van der Waals surface area contributed by atoms with Crippen molar-refractivity contribution in [2.45, 2.75) is 6.92 Å². The molecule has 70 valence electrons. The lowest BCUT2D eigenvalue weighted by molar-refractivity contribution is 0.101. The summed E-state index contributed by atoms with van der Waals surface area (Å²) < 4.78 is 26.0. The van der Waals surface area contributed by atoms with E-state index in [0.29, 0.717) is 0 Å². The van der Waals surface area contributed by atoms with E-state index in [1.807, 2.05) is 0 Å². The Morgan fingerprint density at radius 2 is 1.92 bits per heavy atom. The number of Topliss-reactive ketones (excluding diaryl/α,β-unsaturated/α-hetero) is 1. The topological polar surface area (TPSA) is 17.1 Å². The molecule has 0 saturated heterocycles. The Balaban J connectivity index is 3.56. The quantitative estimate of drug-likeness (QED) is 0.571. The molecule has 5 heteroatoms. The number of hydrogen-bond acceptors (Lipinski definition) is 1. The van der Waals surface area contributed by atoms with Crippen molar-refractivity contribution in [3.05, 3.63) is 32.2 Å². The zero-order valence-electron chi connectivity index (χ0n) is 6.50. The summed E-state index contributed by atoms with van der Waals surface area (Å²) in [4.78, 5) is 10.9. The maximum Gasteiger partial charge on any atom is 0.164 e. The van der Waals surface area contributed by atoms with Crippen molar-refractivity contribution in [2.75, 3.05) is 0 Å². The lowest BCUT2D eigenvalue weighted by Gasteiger charge is -2.04. The van der Waals surface area contributed by atoms with E-state index >= 15 is 0 Å². The standard InChI is InChI=1S/C8H4Br2F2O/c1-3(13)6-7(10)5(11)2-4(9)8(6)12/h2H,1H3. The number of rotatable bonds is 1. The fraction of sp³-hybridized carbons (Fsp3) is 0.125. The van der Waals surface area contributed by atoms with E-state index in [9.17, 15) is 13.6 Å². The highest BCUT2D eigenvalue weighted by atomic mass is 79.9. The molecule has 0 aromatic heterocycles. The third-order valence-corrected chi connectivity index (χ3v) is 2.82. The van der Waals surface area contributed by atoms with Gasteiger partial charge in [-0.3, -0.25) is 4.79 Å². The van der Waals surface area contributed by atoms with Crippen LogP contribution in [0.25, 0.3) is 0 Å². The summed E-state index contributed by atoms with van der Waals surface area (Å²) in [6.45, 7) is 1.18. The number of halogens is 4. The predicted octanol–water partition coefficient (Wildman–Crippen LogP) is 3.69. The maximum atomic E-state index is 13.2. The molecule has 0 N–H and O–H groups in total. The highest BCUT2D eigenvalue weighted by Gasteiger charge is 2.18. The zero-order chi connectivity index (χ0) is 10.2. The SMILES string of the molecule is CC(=O)c1c(F)c(Br)cc(F)c1Br. The molecule has 1 nitrogen and oxygen atoms in total. The number of benzene rings is 1. The second-order valence-electron chi connectivity index (χ2n) is 2.40. The Morgan fingerprint density at radius 3 is 2.38 bits per heavy atom. The Kier molecular flexibility index (Phi) is 3.18. The smallest absolute Gasteiger partial charge is 0.164 e. The molecule has 0 radical (unpaired) electrons. The Morgan fingerprint density at radius 1 is 1.38 bits per heavy atom. The average molecular weight is 314 g/mol. The number of ketones is 1. The van der Waals surface area contributed by atoms with Crippen molar-refractivity contribution >= 4 is 37.6 Å². The van der Waals surface area contributed by atoms with Crippen molar-refractivity contribution < 1.29 is 13.6 Å². The van der Waals surface area contributed by atoms with Crippen LogP contribution in [0.2, 0.25) is 0 Å². The van der Waals surface area contributed by atoms with E-state index in [1.54, 1.807) is 0 Å². The van der Waals surface area contributed by atoms with E-state index in [2.05, 4.69) is 31.9 Å². The van der Waals surface area contributed by atoms with Gasteiger partial charge in [-0.25, -0.2) is 8.78 Å². The van der Waals surface area contributed by atoms with Crippen LogP contribution in [0.4, 0.5) is 8.78 Å². The molecule has 0 heterocycles. The molecular weight excluding hydrogens is 310 g/mol. The van der Waals surface area contributed by atoms with Crippen molar-refractivity contribution in [3.63, 3.8) is 0 Å². The fourth-order valence-electron chi connectivity index (χ4n) is 0.882. The van der Waals surface area contributed by atoms with Crippen LogP contribution in [0, 0.1) is 11.6 Å². The van der Waals surface area contributed by atoms with Gasteiger partial charge in [-0.1, -0.05) is 0 Å². The number of carbonyl (C=O) groups is 1. The average Bonchev–Trinajstić information content (AvgIpc) is 2.01. The van der Waals surface area contributed by atoms with Crippen LogP contribution in [-0.2, 0) is 0 Å². The molecule has 0 aliphatic carbocycles. The van der Waals surface area contributed by atoms with Crippen molar-refractivity contribution in [1.29, 1.82) is 0 Å². The van der Waals surface area contributed by atoms with Crippen molar-refractivity contribution in [2.24, 2.45) is 0 Å². The number of carbonyl (C=O) groups excluding carboxylic acids is 1. The molecule has 0 unspecified atom stereocenters. The first-order valence-corrected chi connectivity index (χ1v) is 4.87. The molecule has 0 fully saturated rings. The first-order valence-electron chi connectivity index (χ1n) is 3.29. The third-order valence-electron chi connectivity index (χ3n) is 1.46. The lowest BCUT2D eigenvalue weighted by Crippen LogP contribution is -2.01. The van der Waals surface area contributed by atoms with Gasteiger partial charge in [0.15, 0.2) is 5.78 Å². The van der Waals surface area contributed by atoms with Crippen molar-refractivity contribution in [1.82, 2.24) is 0 Å². The van der Waals surface area contributed by atoms with E-state index < -0.39 is 17.4 Å². The molecule has 0 bridgehead atoms. The summed E-state index contributed by atoms with van der Waals surface area (Å²) >= 11 is 5.62. The molecule has 0 atom stereocenters. The van der Waals surface area contributed by atoms with E-state index in [-0.39, 0.29) is 14.5 Å². The lowest BCUT2D eigenvalue weighted by atomic mass is 10.1. The molecule has 1 rings (SSSR count). The highest BCUT2D eigenvalue weighted by Crippen LogP contribution is 2.29. The molecule has 13 heavy (non-hydrogen) atoms. The second kappa shape index (κ2) is 3.84. The molecule has 0 spiro atoms. The molecule has 0 aliphatic rings. The summed E-state index contributed by atoms with van der Waals surface area (Å²) in [7, 11) is 0. The van der Waals surface area contributed by atoms with Crippen LogP contribution >= 0.6 is 31.9 Å². The van der Waals surface area contributed by atoms with Gasteiger partial charge in [0.1, 0.15) is 11.6 Å². The maximum absolute atomic E-state index is 13.2. The molecular formula is C8H4Br2F2O. The third kappa shape index (κ3) is 1.96. The fourth-order valence-corrected chi connectivity index (χ4v) is 1.85. The Labute approximate surface area is 90.4 Å². The first-order chi connectivity index (χ1) is 5.95. The van der Waals surface area contributed by atoms with Gasteiger partial charge < -0.3 is 0 Å². The van der Waals surface area contributed by atoms with Gasteiger partial charge in [0.25, 0.3) is 0 Å².